The summed E-state index contributed by atoms with van der Waals surface area (Å²) in [6, 6.07) is 22.9. The number of rotatable bonds is 10. The van der Waals surface area contributed by atoms with Gasteiger partial charge in [-0.2, -0.15) is 0 Å². The maximum atomic E-state index is 15.5. The lowest BCUT2D eigenvalue weighted by Crippen LogP contribution is -2.82. The number of aliphatic hydroxyl groups is 3. The van der Waals surface area contributed by atoms with E-state index in [2.05, 4.69) is 5.32 Å². The van der Waals surface area contributed by atoms with Crippen molar-refractivity contribution in [1.82, 2.24) is 5.32 Å². The number of carbonyl (C=O) groups is 6. The molecule has 1 aliphatic heterocycles. The van der Waals surface area contributed by atoms with E-state index in [1.54, 1.807) is 92.7 Å². The van der Waals surface area contributed by atoms with E-state index in [1.807, 2.05) is 0 Å². The van der Waals surface area contributed by atoms with E-state index in [0.29, 0.717) is 5.56 Å². The Hall–Kier alpha value is -5.74. The molecule has 0 radical (unpaired) electrons. The first-order valence-corrected chi connectivity index (χ1v) is 20.5. The molecule has 3 aliphatic carbocycles. The van der Waals surface area contributed by atoms with Crippen LogP contribution in [0.1, 0.15) is 86.7 Å². The van der Waals surface area contributed by atoms with Crippen molar-refractivity contribution < 1.29 is 67.8 Å². The maximum Gasteiger partial charge on any atom is 0.338 e. The van der Waals surface area contributed by atoms with Crippen molar-refractivity contribution in [2.75, 3.05) is 6.61 Å². The van der Waals surface area contributed by atoms with Crippen molar-refractivity contribution in [3.05, 3.63) is 119 Å². The second-order valence-electron chi connectivity index (χ2n) is 17.4. The summed E-state index contributed by atoms with van der Waals surface area (Å²) in [5, 5.41) is 40.2. The minimum Gasteiger partial charge on any atom is -0.456 e. The number of Topliss-reactive ketones (excluding diaryl/α,β-unsaturated/α-hetero) is 1. The van der Waals surface area contributed by atoms with Crippen LogP contribution in [-0.2, 0) is 42.9 Å². The van der Waals surface area contributed by atoms with Gasteiger partial charge in [0.15, 0.2) is 23.6 Å². The number of ketones is 1. The molecule has 1 amide bonds. The first kappa shape index (κ1) is 44.3. The molecule has 1 saturated heterocycles. The summed E-state index contributed by atoms with van der Waals surface area (Å²) in [6.07, 6.45) is -10.5. The molecule has 328 valence electrons. The van der Waals surface area contributed by atoms with Gasteiger partial charge in [-0.05, 0) is 54.8 Å². The summed E-state index contributed by atoms with van der Waals surface area (Å²) in [5.41, 5.74) is -7.02. The molecule has 4 aliphatic rings. The molecule has 0 spiro atoms. The zero-order chi connectivity index (χ0) is 44.9. The second kappa shape index (κ2) is 16.5. The number of ether oxygens (including phenoxy) is 5. The fourth-order valence-corrected chi connectivity index (χ4v) is 10.2. The number of aliphatic hydroxyl groups excluding tert-OH is 2. The lowest BCUT2D eigenvalue weighted by molar-refractivity contribution is -0.346. The zero-order valence-electron chi connectivity index (χ0n) is 35.2. The SMILES string of the molecule is CC(=O)O[C@H]1C(=O)[C@@]2(C)C(C(OC(=O)c3ccccc3)[C@]3(O)C[C@H](OC(=O)[C@H](O)[C@@H](NC(=O)[13c]4[13cH][13cH][13cH][13cH][13cH]4)c4ccccc4)C(C)=C1C3(C)C)[C@]1(OC(C)=O)CO[C@@H]1C[C@@H]2O. The molecule has 3 aromatic carbocycles. The molecule has 0 aromatic heterocycles. The molecule has 11 atom stereocenters. The van der Waals surface area contributed by atoms with Crippen molar-refractivity contribution in [3.8, 4) is 0 Å². The Balaban J connectivity index is 1.39. The summed E-state index contributed by atoms with van der Waals surface area (Å²) < 4.78 is 30.3. The van der Waals surface area contributed by atoms with Crippen molar-refractivity contribution in [2.24, 2.45) is 16.7 Å². The highest BCUT2D eigenvalue weighted by Crippen LogP contribution is 2.64. The Morgan fingerprint density at radius 2 is 1.40 bits per heavy atom. The van der Waals surface area contributed by atoms with Crippen molar-refractivity contribution in [1.29, 1.82) is 0 Å². The minimum absolute atomic E-state index is 0.00289. The van der Waals surface area contributed by atoms with Crippen LogP contribution < -0.4 is 5.32 Å². The van der Waals surface area contributed by atoms with Gasteiger partial charge in [0.2, 0.25) is 0 Å². The molecule has 3 aromatic rings. The molecule has 62 heavy (non-hydrogen) atoms. The molecule has 3 fully saturated rings. The number of hydrogen-bond donors (Lipinski definition) is 4. The highest BCUT2D eigenvalue weighted by atomic mass is 16.6. The van der Waals surface area contributed by atoms with Crippen LogP contribution in [0.25, 0.3) is 0 Å². The van der Waals surface area contributed by atoms with E-state index in [0.717, 1.165) is 13.8 Å². The van der Waals surface area contributed by atoms with E-state index in [4.69, 9.17) is 23.7 Å². The Kier molecular flexibility index (Phi) is 11.8. The molecule has 15 nitrogen and oxygen atoms in total. The largest absolute Gasteiger partial charge is 0.456 e. The number of benzene rings is 3. The monoisotopic (exact) mass is 859 g/mol. The predicted octanol–water partition coefficient (Wildman–Crippen LogP) is 3.74. The average Bonchev–Trinajstić information content (AvgIpc) is 3.24. The maximum absolute atomic E-state index is 15.5. The van der Waals surface area contributed by atoms with Crippen LogP contribution in [0.3, 0.4) is 0 Å². The first-order chi connectivity index (χ1) is 29.3. The van der Waals surface area contributed by atoms with Crippen molar-refractivity contribution >= 4 is 35.6 Å². The molecule has 2 bridgehead atoms. The Morgan fingerprint density at radius 3 is 1.95 bits per heavy atom. The third kappa shape index (κ3) is 7.29. The summed E-state index contributed by atoms with van der Waals surface area (Å²) >= 11 is 0. The van der Waals surface area contributed by atoms with Crippen LogP contribution in [0.2, 0.25) is 0 Å². The van der Waals surface area contributed by atoms with Crippen LogP contribution in [0.5, 0.6) is 0 Å². The topological polar surface area (TPSA) is 221 Å². The van der Waals surface area contributed by atoms with Crippen LogP contribution in [0, 0.1) is 16.7 Å². The van der Waals surface area contributed by atoms with E-state index in [-0.39, 0.29) is 35.3 Å². The van der Waals surface area contributed by atoms with Gasteiger partial charge >= 0.3 is 23.9 Å². The Labute approximate surface area is 358 Å². The van der Waals surface area contributed by atoms with Crippen molar-refractivity contribution in [2.45, 2.75) is 108 Å². The molecule has 4 N–H and O–H groups in total. The van der Waals surface area contributed by atoms with Crippen LogP contribution >= 0.6 is 0 Å². The Bertz CT molecular complexity index is 2280. The molecule has 2 saturated carbocycles. The quantitative estimate of drug-likeness (QED) is 0.130. The molecular weight excluding hydrogens is 808 g/mol. The predicted molar refractivity (Wildman–Crippen MR) is 218 cm³/mol. The van der Waals surface area contributed by atoms with Crippen molar-refractivity contribution in [3.63, 3.8) is 0 Å². The van der Waals surface area contributed by atoms with Gasteiger partial charge in [-0.15, -0.1) is 0 Å². The summed E-state index contributed by atoms with van der Waals surface area (Å²) in [6.45, 7) is 7.97. The normalized spacial score (nSPS) is 31.9. The lowest BCUT2D eigenvalue weighted by atomic mass is 9.44. The number of hydrogen-bond acceptors (Lipinski definition) is 14. The fourth-order valence-electron chi connectivity index (χ4n) is 10.2. The van der Waals surface area contributed by atoms with Crippen LogP contribution in [0.4, 0.5) is 0 Å². The molecule has 2 unspecified atom stereocenters. The number of carbonyl (C=O) groups excluding carboxylic acids is 6. The average molecular weight is 860 g/mol. The highest BCUT2D eigenvalue weighted by molar-refractivity contribution is 5.96. The van der Waals surface area contributed by atoms with Crippen LogP contribution in [0.15, 0.2) is 102 Å². The van der Waals surface area contributed by atoms with Gasteiger partial charge in [0.1, 0.15) is 23.9 Å². The molecule has 7 rings (SSSR count). The third-order valence-corrected chi connectivity index (χ3v) is 13.5. The molecular formula is C47H51NO14. The Morgan fingerprint density at radius 1 is 0.823 bits per heavy atom. The number of amides is 1. The number of esters is 4. The summed E-state index contributed by atoms with van der Waals surface area (Å²) in [4.78, 5) is 83.5. The van der Waals surface area contributed by atoms with Gasteiger partial charge in [-0.25, -0.2) is 9.59 Å². The molecule has 1 heterocycles. The smallest absolute Gasteiger partial charge is 0.338 e. The minimum atomic E-state index is -2.39. The van der Waals surface area contributed by atoms with Gasteiger partial charge in [0.05, 0.1) is 35.6 Å². The van der Waals surface area contributed by atoms with Crippen LogP contribution in [-0.4, -0.2) is 105 Å². The lowest BCUT2D eigenvalue weighted by Gasteiger charge is -2.67. The van der Waals surface area contributed by atoms with E-state index < -0.39 is 113 Å². The van der Waals surface area contributed by atoms with E-state index >= 15 is 4.79 Å². The number of fused-ring (bicyclic) bond motifs is 5. The molecule has 15 heteroatoms. The van der Waals surface area contributed by atoms with Gasteiger partial charge < -0.3 is 44.3 Å². The van der Waals surface area contributed by atoms with Gasteiger partial charge in [-0.1, -0.05) is 80.6 Å². The fraction of sp³-hybridized carbons (Fsp3) is 0.447. The van der Waals surface area contributed by atoms with E-state index in [9.17, 15) is 39.3 Å². The van der Waals surface area contributed by atoms with Gasteiger partial charge in [0, 0.05) is 37.7 Å². The zero-order valence-corrected chi connectivity index (χ0v) is 35.2. The summed E-state index contributed by atoms with van der Waals surface area (Å²) in [7, 11) is 0. The summed E-state index contributed by atoms with van der Waals surface area (Å²) in [5.74, 6) is -6.84. The first-order valence-electron chi connectivity index (χ1n) is 20.5. The third-order valence-electron chi connectivity index (χ3n) is 13.5. The van der Waals surface area contributed by atoms with Gasteiger partial charge in [-0.3, -0.25) is 19.2 Å². The standard InChI is InChI=1S/C47H51NO14/c1-25-31(60-43(56)36(52)35(28-16-10-7-11-17-28)48-41(54)29-18-12-8-13-19-29)23-47(57)40(61-42(55)30-20-14-9-15-21-30)38-45(6,32(51)22-33-46(38,24-58-33)62-27(3)50)39(53)37(59-26(2)49)34(25)44(47,4)5/h7-21,31-33,35-38,40,51-52,57H,22-24H2,1-6H3,(H,48,54)/t31-,32-,33+,35-,36+,37+,38?,40?,45+,46-,47+/m0/s1/i8+1,12+1,13+1,18+1,19+1,29+1. The van der Waals surface area contributed by atoms with Gasteiger partial charge in [0.25, 0.3) is 5.91 Å². The van der Waals surface area contributed by atoms with E-state index in [1.165, 1.54) is 26.0 Å². The highest BCUT2D eigenvalue weighted by Gasteiger charge is 2.78. The number of nitrogens with one attached hydrogen (secondary N) is 1. The second-order valence-corrected chi connectivity index (χ2v) is 17.4.